The van der Waals surface area contributed by atoms with Crippen molar-refractivity contribution in [1.82, 2.24) is 5.06 Å². The fourth-order valence-corrected chi connectivity index (χ4v) is 4.36. The molecule has 0 amide bonds. The standard InChI is InChI=1S/C26H29NO3/c1-29-27(18-20-11-5-2-6-12-20)23-17-25(30-19-24(23)28)26(21-13-7-3-8-14-21)22-15-9-4-10-16-22/h2-16,23-26,28H,17-19H2,1H3/t23-,24+,25+/m0/s1. The van der Waals surface area contributed by atoms with Crippen LogP contribution in [0.1, 0.15) is 29.0 Å². The van der Waals surface area contributed by atoms with E-state index in [0.717, 1.165) is 5.56 Å². The summed E-state index contributed by atoms with van der Waals surface area (Å²) in [4.78, 5) is 5.72. The molecule has 0 unspecified atom stereocenters. The van der Waals surface area contributed by atoms with E-state index in [-0.39, 0.29) is 18.1 Å². The van der Waals surface area contributed by atoms with Crippen molar-refractivity contribution in [3.63, 3.8) is 0 Å². The Labute approximate surface area is 178 Å². The summed E-state index contributed by atoms with van der Waals surface area (Å²) in [5.74, 6) is 0.0952. The highest BCUT2D eigenvalue weighted by molar-refractivity contribution is 5.34. The van der Waals surface area contributed by atoms with Crippen LogP contribution < -0.4 is 0 Å². The van der Waals surface area contributed by atoms with Crippen molar-refractivity contribution in [2.45, 2.75) is 37.1 Å². The first-order valence-electron chi connectivity index (χ1n) is 10.5. The minimum atomic E-state index is -0.600. The van der Waals surface area contributed by atoms with E-state index >= 15 is 0 Å². The maximum atomic E-state index is 10.7. The minimum Gasteiger partial charge on any atom is -0.389 e. The monoisotopic (exact) mass is 403 g/mol. The quantitative estimate of drug-likeness (QED) is 0.594. The van der Waals surface area contributed by atoms with Crippen molar-refractivity contribution in [2.75, 3.05) is 13.7 Å². The maximum Gasteiger partial charge on any atom is 0.0952 e. The van der Waals surface area contributed by atoms with Crippen LogP contribution in [0, 0.1) is 0 Å². The Balaban J connectivity index is 1.60. The summed E-state index contributed by atoms with van der Waals surface area (Å²) < 4.78 is 6.20. The predicted molar refractivity (Wildman–Crippen MR) is 118 cm³/mol. The van der Waals surface area contributed by atoms with E-state index in [1.165, 1.54) is 11.1 Å². The third-order valence-corrected chi connectivity index (χ3v) is 5.87. The number of benzene rings is 3. The lowest BCUT2D eigenvalue weighted by molar-refractivity contribution is -0.223. The molecule has 1 fully saturated rings. The van der Waals surface area contributed by atoms with Crippen LogP contribution in [0.5, 0.6) is 0 Å². The fourth-order valence-electron chi connectivity index (χ4n) is 4.36. The summed E-state index contributed by atoms with van der Waals surface area (Å²) >= 11 is 0. The van der Waals surface area contributed by atoms with E-state index in [2.05, 4.69) is 60.7 Å². The first kappa shape index (κ1) is 20.8. The summed E-state index contributed by atoms with van der Waals surface area (Å²) in [7, 11) is 1.67. The van der Waals surface area contributed by atoms with Gasteiger partial charge in [-0.25, -0.2) is 0 Å². The number of hydrogen-bond donors (Lipinski definition) is 1. The molecule has 4 heteroatoms. The van der Waals surface area contributed by atoms with Crippen molar-refractivity contribution in [1.29, 1.82) is 0 Å². The lowest BCUT2D eigenvalue weighted by Gasteiger charge is -2.41. The minimum absolute atomic E-state index is 0.0587. The van der Waals surface area contributed by atoms with Crippen LogP contribution in [0.3, 0.4) is 0 Å². The Morgan fingerprint density at radius 1 is 0.900 bits per heavy atom. The lowest BCUT2D eigenvalue weighted by atomic mass is 9.82. The molecule has 156 valence electrons. The average Bonchev–Trinajstić information content (AvgIpc) is 2.81. The van der Waals surface area contributed by atoms with E-state index in [0.29, 0.717) is 19.6 Å². The van der Waals surface area contributed by atoms with Crippen molar-refractivity contribution in [3.8, 4) is 0 Å². The molecule has 0 aromatic heterocycles. The SMILES string of the molecule is CON(Cc1ccccc1)[C@H]1C[C@H](C(c2ccccc2)c2ccccc2)OC[C@H]1O. The second kappa shape index (κ2) is 10.0. The van der Waals surface area contributed by atoms with Gasteiger partial charge in [-0.15, -0.1) is 0 Å². The van der Waals surface area contributed by atoms with Crippen LogP contribution in [-0.4, -0.2) is 42.1 Å². The molecule has 0 aliphatic carbocycles. The van der Waals surface area contributed by atoms with Gasteiger partial charge >= 0.3 is 0 Å². The molecule has 3 aromatic rings. The number of aliphatic hydroxyl groups excluding tert-OH is 1. The van der Waals surface area contributed by atoms with Gasteiger partial charge in [0.05, 0.1) is 32.0 Å². The van der Waals surface area contributed by atoms with E-state index in [1.54, 1.807) is 7.11 Å². The average molecular weight is 404 g/mol. The molecule has 3 atom stereocenters. The zero-order valence-corrected chi connectivity index (χ0v) is 17.3. The summed E-state index contributed by atoms with van der Waals surface area (Å²) in [5.41, 5.74) is 3.59. The van der Waals surface area contributed by atoms with Crippen LogP contribution in [0.2, 0.25) is 0 Å². The Morgan fingerprint density at radius 2 is 1.43 bits per heavy atom. The largest absolute Gasteiger partial charge is 0.389 e. The van der Waals surface area contributed by atoms with Crippen molar-refractivity contribution < 1.29 is 14.7 Å². The van der Waals surface area contributed by atoms with Gasteiger partial charge in [-0.3, -0.25) is 0 Å². The lowest BCUT2D eigenvalue weighted by Crippen LogP contribution is -2.52. The van der Waals surface area contributed by atoms with E-state index in [4.69, 9.17) is 9.57 Å². The van der Waals surface area contributed by atoms with Gasteiger partial charge < -0.3 is 14.7 Å². The zero-order valence-electron chi connectivity index (χ0n) is 17.3. The van der Waals surface area contributed by atoms with Crippen molar-refractivity contribution in [3.05, 3.63) is 108 Å². The molecule has 1 heterocycles. The van der Waals surface area contributed by atoms with Crippen LogP contribution in [0.4, 0.5) is 0 Å². The van der Waals surface area contributed by atoms with Crippen LogP contribution in [-0.2, 0) is 16.1 Å². The summed E-state index contributed by atoms with van der Waals surface area (Å²) in [6, 6.07) is 31.0. The Morgan fingerprint density at radius 3 is 1.97 bits per heavy atom. The summed E-state index contributed by atoms with van der Waals surface area (Å²) in [5, 5.41) is 12.6. The smallest absolute Gasteiger partial charge is 0.0952 e. The van der Waals surface area contributed by atoms with Crippen LogP contribution in [0.25, 0.3) is 0 Å². The second-order valence-electron chi connectivity index (χ2n) is 7.78. The molecule has 1 aliphatic rings. The van der Waals surface area contributed by atoms with E-state index in [1.807, 2.05) is 35.4 Å². The molecule has 4 rings (SSSR count). The number of ether oxygens (including phenoxy) is 1. The van der Waals surface area contributed by atoms with E-state index in [9.17, 15) is 5.11 Å². The van der Waals surface area contributed by atoms with Crippen LogP contribution >= 0.6 is 0 Å². The second-order valence-corrected chi connectivity index (χ2v) is 7.78. The first-order chi connectivity index (χ1) is 14.8. The molecule has 0 saturated carbocycles. The maximum absolute atomic E-state index is 10.7. The summed E-state index contributed by atoms with van der Waals surface area (Å²) in [6.45, 7) is 0.910. The van der Waals surface area contributed by atoms with Gasteiger partial charge in [0.1, 0.15) is 0 Å². The molecular weight excluding hydrogens is 374 g/mol. The van der Waals surface area contributed by atoms with Crippen molar-refractivity contribution >= 4 is 0 Å². The highest BCUT2D eigenvalue weighted by Gasteiger charge is 2.39. The predicted octanol–water partition coefficient (Wildman–Crippen LogP) is 4.40. The van der Waals surface area contributed by atoms with Crippen molar-refractivity contribution in [2.24, 2.45) is 0 Å². The molecule has 30 heavy (non-hydrogen) atoms. The third-order valence-electron chi connectivity index (χ3n) is 5.87. The normalized spacial score (nSPS) is 21.8. The molecule has 0 radical (unpaired) electrons. The molecule has 1 aliphatic heterocycles. The molecule has 1 saturated heterocycles. The molecule has 0 bridgehead atoms. The molecule has 3 aromatic carbocycles. The number of nitrogens with zero attached hydrogens (tertiary/aromatic N) is 1. The highest BCUT2D eigenvalue weighted by atomic mass is 16.7. The van der Waals surface area contributed by atoms with Gasteiger partial charge in [-0.2, -0.15) is 5.06 Å². The van der Waals surface area contributed by atoms with Crippen LogP contribution in [0.15, 0.2) is 91.0 Å². The van der Waals surface area contributed by atoms with Gasteiger partial charge in [-0.05, 0) is 23.1 Å². The number of hydroxylamine groups is 2. The molecule has 4 nitrogen and oxygen atoms in total. The Bertz CT molecular complexity index is 848. The zero-order chi connectivity index (χ0) is 20.8. The third kappa shape index (κ3) is 4.79. The van der Waals surface area contributed by atoms with E-state index < -0.39 is 6.10 Å². The van der Waals surface area contributed by atoms with Gasteiger partial charge in [-0.1, -0.05) is 91.0 Å². The first-order valence-corrected chi connectivity index (χ1v) is 10.5. The fraction of sp³-hybridized carbons (Fsp3) is 0.308. The number of rotatable bonds is 7. The molecule has 1 N–H and O–H groups in total. The van der Waals surface area contributed by atoms with Gasteiger partial charge in [0.25, 0.3) is 0 Å². The highest BCUT2D eigenvalue weighted by Crippen LogP contribution is 2.35. The molecular formula is C26H29NO3. The Hall–Kier alpha value is -2.50. The topological polar surface area (TPSA) is 41.9 Å². The molecule has 0 spiro atoms. The number of aliphatic hydroxyl groups is 1. The Kier molecular flexibility index (Phi) is 6.92. The van der Waals surface area contributed by atoms with Gasteiger partial charge in [0, 0.05) is 12.5 Å². The number of hydrogen-bond acceptors (Lipinski definition) is 4. The van der Waals surface area contributed by atoms with Gasteiger partial charge in [0.2, 0.25) is 0 Å². The van der Waals surface area contributed by atoms with Gasteiger partial charge in [0.15, 0.2) is 0 Å². The summed E-state index contributed by atoms with van der Waals surface area (Å²) in [6.07, 6.45) is 0.0183.